The number of carbonyl (C=O) groups is 2. The van der Waals surface area contributed by atoms with Gasteiger partial charge in [-0.25, -0.2) is 4.79 Å². The van der Waals surface area contributed by atoms with Crippen LogP contribution in [0.5, 0.6) is 11.5 Å². The van der Waals surface area contributed by atoms with Gasteiger partial charge in [0.15, 0.2) is 18.5 Å². The average molecular weight is 584 g/mol. The van der Waals surface area contributed by atoms with Crippen molar-refractivity contribution >= 4 is 17.7 Å². The van der Waals surface area contributed by atoms with Crippen molar-refractivity contribution in [1.82, 2.24) is 5.16 Å². The Hall–Kier alpha value is -3.21. The summed E-state index contributed by atoms with van der Waals surface area (Å²) < 4.78 is 17.8. The minimum atomic E-state index is -1.98. The molecule has 2 N–H and O–H groups in total. The third-order valence-electron chi connectivity index (χ3n) is 8.02. The van der Waals surface area contributed by atoms with E-state index in [4.69, 9.17) is 14.0 Å². The lowest BCUT2D eigenvalue weighted by molar-refractivity contribution is -0.939. The average Bonchev–Trinajstić information content (AvgIpc) is 3.36. The summed E-state index contributed by atoms with van der Waals surface area (Å²) in [7, 11) is 0. The summed E-state index contributed by atoms with van der Waals surface area (Å²) in [6, 6.07) is 15.7. The monoisotopic (exact) mass is 583 g/mol. The van der Waals surface area contributed by atoms with Gasteiger partial charge in [-0.3, -0.25) is 4.79 Å². The van der Waals surface area contributed by atoms with Crippen LogP contribution in [0.15, 0.2) is 59.1 Å². The fourth-order valence-electron chi connectivity index (χ4n) is 6.02. The number of carbonyl (C=O) groups excluding carboxylic acids is 2. The Labute approximate surface area is 231 Å². The summed E-state index contributed by atoms with van der Waals surface area (Å²) in [6.45, 7) is 4.43. The van der Waals surface area contributed by atoms with Gasteiger partial charge in [0, 0.05) is 42.4 Å². The lowest BCUT2D eigenvalue weighted by Crippen LogP contribution is -3.00. The summed E-state index contributed by atoms with van der Waals surface area (Å²) in [5.74, 6) is 1.31. The minimum absolute atomic E-state index is 0. The summed E-state index contributed by atoms with van der Waals surface area (Å²) in [6.07, 6.45) is 2.01. The van der Waals surface area contributed by atoms with Crippen LogP contribution in [-0.4, -0.2) is 58.9 Å². The van der Waals surface area contributed by atoms with Crippen LogP contribution in [0.2, 0.25) is 0 Å². The maximum Gasteiger partial charge on any atom is 0.348 e. The summed E-state index contributed by atoms with van der Waals surface area (Å²) in [4.78, 5) is 26.6. The van der Waals surface area contributed by atoms with E-state index in [0.717, 1.165) is 25.9 Å². The number of aliphatic hydroxyl groups is 1. The predicted molar refractivity (Wildman–Crippen MR) is 133 cm³/mol. The minimum Gasteiger partial charge on any atom is -1.00 e. The number of aryl methyl sites for hydroxylation is 1. The maximum absolute atomic E-state index is 13.8. The van der Waals surface area contributed by atoms with E-state index in [9.17, 15) is 14.7 Å². The molecule has 10 heteroatoms. The molecule has 0 saturated carbocycles. The Bertz CT molecular complexity index is 1300. The second kappa shape index (κ2) is 10.2. The van der Waals surface area contributed by atoms with Crippen molar-refractivity contribution in [3.8, 4) is 11.5 Å². The zero-order valence-corrected chi connectivity index (χ0v) is 22.6. The van der Waals surface area contributed by atoms with Crippen molar-refractivity contribution in [3.63, 3.8) is 0 Å². The number of halogens is 1. The summed E-state index contributed by atoms with van der Waals surface area (Å²) >= 11 is 0. The molecule has 3 fully saturated rings. The highest BCUT2D eigenvalue weighted by molar-refractivity contribution is 5.91. The largest absolute Gasteiger partial charge is 1.00 e. The van der Waals surface area contributed by atoms with E-state index in [-0.39, 0.29) is 35.4 Å². The Morgan fingerprint density at radius 3 is 2.34 bits per heavy atom. The molecule has 0 unspecified atom stereocenters. The molecule has 2 aromatic carbocycles. The quantitative estimate of drug-likeness (QED) is 0.319. The van der Waals surface area contributed by atoms with Gasteiger partial charge < -0.3 is 45.9 Å². The van der Waals surface area contributed by atoms with Gasteiger partial charge in [0.2, 0.25) is 5.60 Å². The molecule has 0 spiro atoms. The number of fused-ring (bicyclic) bond motifs is 5. The highest BCUT2D eigenvalue weighted by atomic mass is 79.9. The molecule has 0 radical (unpaired) electrons. The van der Waals surface area contributed by atoms with E-state index in [2.05, 4.69) is 10.5 Å². The van der Waals surface area contributed by atoms with Crippen LogP contribution >= 0.6 is 0 Å². The first-order valence-electron chi connectivity index (χ1n) is 12.8. The third kappa shape index (κ3) is 4.50. The van der Waals surface area contributed by atoms with Gasteiger partial charge in [-0.2, -0.15) is 0 Å². The zero-order chi connectivity index (χ0) is 25.6. The number of para-hydroxylation sites is 2. The zero-order valence-electron chi connectivity index (χ0n) is 21.1. The fraction of sp³-hybridized carbons (Fsp3) is 0.393. The van der Waals surface area contributed by atoms with Crippen LogP contribution in [-0.2, 0) is 26.3 Å². The van der Waals surface area contributed by atoms with E-state index in [1.807, 2.05) is 6.92 Å². The fourth-order valence-corrected chi connectivity index (χ4v) is 6.02. The molecule has 4 aliphatic heterocycles. The Morgan fingerprint density at radius 1 is 1.11 bits per heavy atom. The second-order valence-corrected chi connectivity index (χ2v) is 10.3. The predicted octanol–water partition coefficient (Wildman–Crippen LogP) is 0.374. The molecule has 0 aliphatic carbocycles. The van der Waals surface area contributed by atoms with Gasteiger partial charge in [0.1, 0.15) is 23.8 Å². The number of nitrogens with one attached hydrogen (secondary N) is 1. The van der Waals surface area contributed by atoms with E-state index in [1.165, 1.54) is 0 Å². The molecule has 3 saturated heterocycles. The molecule has 4 aliphatic rings. The van der Waals surface area contributed by atoms with E-state index in [1.54, 1.807) is 54.6 Å². The number of hydrogen-bond donors (Lipinski definition) is 2. The molecular formula is C28H30BrN3O6. The number of aromatic nitrogens is 1. The highest BCUT2D eigenvalue weighted by Gasteiger charge is 2.53. The van der Waals surface area contributed by atoms with Gasteiger partial charge in [-0.1, -0.05) is 48.5 Å². The number of piperidine rings is 3. The van der Waals surface area contributed by atoms with Crippen molar-refractivity contribution in [2.24, 2.45) is 5.92 Å². The lowest BCUT2D eigenvalue weighted by Gasteiger charge is -2.51. The Kier molecular flexibility index (Phi) is 7.06. The van der Waals surface area contributed by atoms with Gasteiger partial charge in [-0.05, 0) is 12.1 Å². The lowest BCUT2D eigenvalue weighted by atomic mass is 9.81. The maximum atomic E-state index is 13.8. The van der Waals surface area contributed by atoms with Crippen molar-refractivity contribution < 1.29 is 50.2 Å². The van der Waals surface area contributed by atoms with Gasteiger partial charge in [0.25, 0.3) is 5.91 Å². The van der Waals surface area contributed by atoms with Gasteiger partial charge in [0.05, 0.1) is 13.1 Å². The number of ether oxygens (including phenoxy) is 2. The number of esters is 1. The van der Waals surface area contributed by atoms with Crippen LogP contribution in [0, 0.1) is 5.92 Å². The van der Waals surface area contributed by atoms with Gasteiger partial charge >= 0.3 is 5.97 Å². The summed E-state index contributed by atoms with van der Waals surface area (Å²) in [5.41, 5.74) is -1.26. The standard InChI is InChI=1S/C28H29N3O6.BrH/c1-2-19-15-25(30-37-19)29-26(32)17-31-13-11-18(12-14-31)24(16-31)36-27(33)28(34)20-7-3-5-9-22(20)35-23-10-6-4-8-21(23)28;/h3-10,15,18,24,34H,2,11-14,16-17H2,1H3;1H/t18?,24-,31?;/m0./s1. The molecule has 7 rings (SSSR count). The van der Waals surface area contributed by atoms with Crippen LogP contribution in [0.25, 0.3) is 0 Å². The third-order valence-corrected chi connectivity index (χ3v) is 8.02. The molecule has 1 aromatic heterocycles. The Morgan fingerprint density at radius 2 is 1.74 bits per heavy atom. The number of rotatable bonds is 6. The molecule has 2 bridgehead atoms. The number of hydrogen-bond acceptors (Lipinski definition) is 7. The number of benzene rings is 2. The topological polar surface area (TPSA) is 111 Å². The molecule has 3 aromatic rings. The molecule has 1 atom stereocenters. The Balaban J connectivity index is 0.00000294. The van der Waals surface area contributed by atoms with Crippen molar-refractivity contribution in [2.45, 2.75) is 37.9 Å². The first-order chi connectivity index (χ1) is 17.9. The van der Waals surface area contributed by atoms with Crippen molar-refractivity contribution in [1.29, 1.82) is 0 Å². The van der Waals surface area contributed by atoms with E-state index in [0.29, 0.717) is 51.7 Å². The van der Waals surface area contributed by atoms with Crippen LogP contribution in [0.1, 0.15) is 36.7 Å². The molecule has 1 amide bonds. The normalized spacial score (nSPS) is 24.3. The molecule has 5 heterocycles. The number of quaternary nitrogens is 1. The smallest absolute Gasteiger partial charge is 0.348 e. The summed E-state index contributed by atoms with van der Waals surface area (Å²) in [5, 5.41) is 18.6. The van der Waals surface area contributed by atoms with Crippen molar-refractivity contribution in [3.05, 3.63) is 71.5 Å². The van der Waals surface area contributed by atoms with Crippen LogP contribution in [0.4, 0.5) is 5.82 Å². The SMILES string of the molecule is CCc1cc(NC(=O)C[N+]23CCC(CC2)[C@@H](OC(=O)C2(O)c4ccccc4Oc4ccccc42)C3)no1.[Br-]. The van der Waals surface area contributed by atoms with Gasteiger partial charge in [-0.15, -0.1) is 0 Å². The van der Waals surface area contributed by atoms with E-state index < -0.39 is 17.7 Å². The van der Waals surface area contributed by atoms with E-state index >= 15 is 0 Å². The molecule has 200 valence electrons. The first kappa shape index (κ1) is 26.4. The van der Waals surface area contributed by atoms with Crippen LogP contribution < -0.4 is 27.0 Å². The second-order valence-electron chi connectivity index (χ2n) is 10.3. The molecule has 9 nitrogen and oxygen atoms in total. The molecular weight excluding hydrogens is 554 g/mol. The first-order valence-corrected chi connectivity index (χ1v) is 12.8. The molecule has 38 heavy (non-hydrogen) atoms. The highest BCUT2D eigenvalue weighted by Crippen LogP contribution is 2.48. The number of anilines is 1. The van der Waals surface area contributed by atoms with Crippen LogP contribution in [0.3, 0.4) is 0 Å². The number of nitrogens with zero attached hydrogens (tertiary/aromatic N) is 2. The van der Waals surface area contributed by atoms with Crippen molar-refractivity contribution in [2.75, 3.05) is 31.5 Å². The number of amides is 1.